The third kappa shape index (κ3) is 2.80. The molecule has 2 aliphatic heterocycles. The van der Waals surface area contributed by atoms with Gasteiger partial charge in [0.2, 0.25) is 5.91 Å². The molecule has 0 bridgehead atoms. The number of rotatable bonds is 2. The number of nitrogens with zero attached hydrogens (tertiary/aromatic N) is 1. The molecule has 98 valence electrons. The maximum atomic E-state index is 12.5. The van der Waals surface area contributed by atoms with Crippen LogP contribution in [0.5, 0.6) is 0 Å². The van der Waals surface area contributed by atoms with E-state index in [4.69, 9.17) is 5.73 Å². The number of nitrogens with two attached hydrogens (primary N) is 1. The van der Waals surface area contributed by atoms with Crippen molar-refractivity contribution >= 4 is 5.91 Å². The first-order valence-electron chi connectivity index (χ1n) is 6.95. The Bertz CT molecular complexity index is 263. The summed E-state index contributed by atoms with van der Waals surface area (Å²) in [4.78, 5) is 14.6. The molecule has 4 nitrogen and oxygen atoms in total. The van der Waals surface area contributed by atoms with Crippen LogP contribution < -0.4 is 11.1 Å². The molecule has 0 saturated carbocycles. The standard InChI is InChI=1S/C13H25N3O/c1-10-3-2-8-16(12(10)9-14)13(17)11-4-6-15-7-5-11/h10-12,15H,2-9,14H2,1H3. The van der Waals surface area contributed by atoms with Crippen LogP contribution in [-0.2, 0) is 4.79 Å². The van der Waals surface area contributed by atoms with E-state index in [2.05, 4.69) is 17.1 Å². The molecule has 0 spiro atoms. The van der Waals surface area contributed by atoms with Gasteiger partial charge in [-0.3, -0.25) is 4.79 Å². The maximum Gasteiger partial charge on any atom is 0.226 e. The summed E-state index contributed by atoms with van der Waals surface area (Å²) in [5.41, 5.74) is 5.85. The zero-order chi connectivity index (χ0) is 12.3. The summed E-state index contributed by atoms with van der Waals surface area (Å²) in [6.45, 7) is 5.70. The van der Waals surface area contributed by atoms with E-state index in [9.17, 15) is 4.79 Å². The van der Waals surface area contributed by atoms with E-state index < -0.39 is 0 Å². The molecule has 2 fully saturated rings. The van der Waals surface area contributed by atoms with E-state index in [1.54, 1.807) is 0 Å². The number of hydrogen-bond acceptors (Lipinski definition) is 3. The highest BCUT2D eigenvalue weighted by Gasteiger charge is 2.34. The van der Waals surface area contributed by atoms with Gasteiger partial charge in [0.15, 0.2) is 0 Å². The number of carbonyl (C=O) groups is 1. The molecular weight excluding hydrogens is 214 g/mol. The van der Waals surface area contributed by atoms with Crippen LogP contribution in [0, 0.1) is 11.8 Å². The number of hydrogen-bond donors (Lipinski definition) is 2. The second-order valence-corrected chi connectivity index (χ2v) is 5.48. The molecule has 0 aliphatic carbocycles. The first-order valence-corrected chi connectivity index (χ1v) is 6.95. The molecule has 2 atom stereocenters. The van der Waals surface area contributed by atoms with Crippen molar-refractivity contribution in [3.63, 3.8) is 0 Å². The molecule has 3 N–H and O–H groups in total. The van der Waals surface area contributed by atoms with Crippen molar-refractivity contribution in [1.29, 1.82) is 0 Å². The number of carbonyl (C=O) groups excluding carboxylic acids is 1. The van der Waals surface area contributed by atoms with Gasteiger partial charge in [-0.1, -0.05) is 6.92 Å². The lowest BCUT2D eigenvalue weighted by Crippen LogP contribution is -2.54. The van der Waals surface area contributed by atoms with Crippen LogP contribution in [0.4, 0.5) is 0 Å². The van der Waals surface area contributed by atoms with Crippen molar-refractivity contribution in [2.24, 2.45) is 17.6 Å². The number of likely N-dealkylation sites (tertiary alicyclic amines) is 1. The summed E-state index contributed by atoms with van der Waals surface area (Å²) in [5.74, 6) is 1.14. The van der Waals surface area contributed by atoms with E-state index in [1.807, 2.05) is 0 Å². The van der Waals surface area contributed by atoms with Gasteiger partial charge in [-0.2, -0.15) is 0 Å². The molecule has 0 radical (unpaired) electrons. The fraction of sp³-hybridized carbons (Fsp3) is 0.923. The molecule has 2 aliphatic rings. The van der Waals surface area contributed by atoms with Gasteiger partial charge in [0, 0.05) is 25.0 Å². The van der Waals surface area contributed by atoms with Gasteiger partial charge in [-0.25, -0.2) is 0 Å². The van der Waals surface area contributed by atoms with Gasteiger partial charge in [0.25, 0.3) is 0 Å². The van der Waals surface area contributed by atoms with Crippen LogP contribution >= 0.6 is 0 Å². The highest BCUT2D eigenvalue weighted by atomic mass is 16.2. The molecular formula is C13H25N3O. The molecule has 2 saturated heterocycles. The van der Waals surface area contributed by atoms with Crippen LogP contribution in [0.1, 0.15) is 32.6 Å². The Kier molecular flexibility index (Phi) is 4.40. The zero-order valence-electron chi connectivity index (χ0n) is 10.8. The van der Waals surface area contributed by atoms with E-state index in [1.165, 1.54) is 6.42 Å². The first kappa shape index (κ1) is 12.8. The fourth-order valence-corrected chi connectivity index (χ4v) is 3.19. The SMILES string of the molecule is CC1CCCN(C(=O)C2CCNCC2)C1CN. The van der Waals surface area contributed by atoms with Crippen molar-refractivity contribution < 1.29 is 4.79 Å². The van der Waals surface area contributed by atoms with Crippen LogP contribution in [0.3, 0.4) is 0 Å². The maximum absolute atomic E-state index is 12.5. The molecule has 0 aromatic carbocycles. The smallest absolute Gasteiger partial charge is 0.226 e. The number of amides is 1. The van der Waals surface area contributed by atoms with Gasteiger partial charge < -0.3 is 16.0 Å². The summed E-state index contributed by atoms with van der Waals surface area (Å²) < 4.78 is 0. The van der Waals surface area contributed by atoms with Crippen LogP contribution in [0.25, 0.3) is 0 Å². The van der Waals surface area contributed by atoms with Crippen LogP contribution in [-0.4, -0.2) is 43.0 Å². The van der Waals surface area contributed by atoms with Crippen LogP contribution in [0.2, 0.25) is 0 Å². The van der Waals surface area contributed by atoms with Crippen molar-refractivity contribution in [3.8, 4) is 0 Å². The highest BCUT2D eigenvalue weighted by molar-refractivity contribution is 5.79. The van der Waals surface area contributed by atoms with Crippen molar-refractivity contribution in [1.82, 2.24) is 10.2 Å². The fourth-order valence-electron chi connectivity index (χ4n) is 3.19. The third-order valence-corrected chi connectivity index (χ3v) is 4.33. The second-order valence-electron chi connectivity index (χ2n) is 5.48. The van der Waals surface area contributed by atoms with Gasteiger partial charge in [0.05, 0.1) is 0 Å². The summed E-state index contributed by atoms with van der Waals surface area (Å²) in [5, 5.41) is 3.31. The predicted molar refractivity (Wildman–Crippen MR) is 68.5 cm³/mol. The van der Waals surface area contributed by atoms with E-state index >= 15 is 0 Å². The molecule has 4 heteroatoms. The average Bonchev–Trinajstić information content (AvgIpc) is 2.38. The Morgan fingerprint density at radius 2 is 2.06 bits per heavy atom. The zero-order valence-corrected chi connectivity index (χ0v) is 10.8. The topological polar surface area (TPSA) is 58.4 Å². The Morgan fingerprint density at radius 3 is 2.71 bits per heavy atom. The van der Waals surface area contributed by atoms with Crippen LogP contribution in [0.15, 0.2) is 0 Å². The molecule has 1 amide bonds. The summed E-state index contributed by atoms with van der Waals surface area (Å²) in [7, 11) is 0. The minimum atomic E-state index is 0.232. The lowest BCUT2D eigenvalue weighted by Gasteiger charge is -2.41. The Hall–Kier alpha value is -0.610. The van der Waals surface area contributed by atoms with Crippen molar-refractivity contribution in [2.45, 2.75) is 38.6 Å². The molecule has 17 heavy (non-hydrogen) atoms. The van der Waals surface area contributed by atoms with E-state index in [0.717, 1.165) is 38.9 Å². The quantitative estimate of drug-likeness (QED) is 0.741. The second kappa shape index (κ2) is 5.83. The van der Waals surface area contributed by atoms with E-state index in [0.29, 0.717) is 18.4 Å². The summed E-state index contributed by atoms with van der Waals surface area (Å²) in [6.07, 6.45) is 4.31. The molecule has 2 rings (SSSR count). The van der Waals surface area contributed by atoms with Crippen molar-refractivity contribution in [3.05, 3.63) is 0 Å². The number of piperidine rings is 2. The minimum absolute atomic E-state index is 0.232. The predicted octanol–water partition coefficient (Wildman–Crippen LogP) is 0.572. The van der Waals surface area contributed by atoms with Gasteiger partial charge in [-0.15, -0.1) is 0 Å². The van der Waals surface area contributed by atoms with Gasteiger partial charge in [0.1, 0.15) is 0 Å². The van der Waals surface area contributed by atoms with Crippen molar-refractivity contribution in [2.75, 3.05) is 26.2 Å². The normalized spacial score (nSPS) is 31.5. The number of nitrogens with one attached hydrogen (secondary N) is 1. The van der Waals surface area contributed by atoms with Gasteiger partial charge in [-0.05, 0) is 44.7 Å². The first-order chi connectivity index (χ1) is 8.24. The molecule has 2 heterocycles. The lowest BCUT2D eigenvalue weighted by molar-refractivity contribution is -0.141. The summed E-state index contributed by atoms with van der Waals surface area (Å²) in [6, 6.07) is 0.270. The van der Waals surface area contributed by atoms with E-state index in [-0.39, 0.29) is 12.0 Å². The Labute approximate surface area is 104 Å². The largest absolute Gasteiger partial charge is 0.338 e. The average molecular weight is 239 g/mol. The monoisotopic (exact) mass is 239 g/mol. The minimum Gasteiger partial charge on any atom is -0.338 e. The third-order valence-electron chi connectivity index (χ3n) is 4.33. The molecule has 2 unspecified atom stereocenters. The molecule has 0 aromatic heterocycles. The Balaban J connectivity index is 2.00. The van der Waals surface area contributed by atoms with Gasteiger partial charge >= 0.3 is 0 Å². The highest BCUT2D eigenvalue weighted by Crippen LogP contribution is 2.26. The lowest BCUT2D eigenvalue weighted by atomic mass is 9.88. The summed E-state index contributed by atoms with van der Waals surface area (Å²) >= 11 is 0. The molecule has 0 aromatic rings. The Morgan fingerprint density at radius 1 is 1.35 bits per heavy atom.